The van der Waals surface area contributed by atoms with Crippen LogP contribution in [0.25, 0.3) is 0 Å². The molecule has 0 unspecified atom stereocenters. The molecule has 0 bridgehead atoms. The summed E-state index contributed by atoms with van der Waals surface area (Å²) in [6.45, 7) is 9.07. The van der Waals surface area contributed by atoms with E-state index >= 15 is 0 Å². The molecule has 0 aliphatic heterocycles. The molecule has 0 fully saturated rings. The number of ketones is 1. The molecule has 0 aromatic carbocycles. The van der Waals surface area contributed by atoms with Gasteiger partial charge in [0.15, 0.2) is 5.78 Å². The molecule has 0 spiro atoms. The lowest BCUT2D eigenvalue weighted by Gasteiger charge is -2.28. The summed E-state index contributed by atoms with van der Waals surface area (Å²) < 4.78 is 32.0. The van der Waals surface area contributed by atoms with E-state index in [-0.39, 0.29) is 12.4 Å². The van der Waals surface area contributed by atoms with Gasteiger partial charge in [-0.1, -0.05) is 20.8 Å². The van der Waals surface area contributed by atoms with Gasteiger partial charge in [0, 0.05) is 17.8 Å². The number of carbonyl (C=O) groups excluding carboxylic acids is 2. The molecule has 7 nitrogen and oxygen atoms in total. The van der Waals surface area contributed by atoms with Gasteiger partial charge in [0.2, 0.25) is 0 Å². The van der Waals surface area contributed by atoms with E-state index in [4.69, 9.17) is 16.3 Å². The summed E-state index contributed by atoms with van der Waals surface area (Å²) in [6.07, 6.45) is -1.10. The van der Waals surface area contributed by atoms with Crippen molar-refractivity contribution in [3.63, 3.8) is 0 Å². The first-order valence-electron chi connectivity index (χ1n) is 6.80. The number of hydrogen-bond donors (Lipinski definition) is 1. The van der Waals surface area contributed by atoms with Gasteiger partial charge < -0.3 is 4.74 Å². The summed E-state index contributed by atoms with van der Waals surface area (Å²) in [5.74, 6) is -0.371. The van der Waals surface area contributed by atoms with E-state index in [0.29, 0.717) is 4.31 Å². The molecule has 22 heavy (non-hydrogen) atoms. The average molecular weight is 357 g/mol. The SMILES string of the molecule is CC(C)(C)OC(=O)N(CC(=O)C(C)(C)C)S(=O)(=O)NCCCl. The van der Waals surface area contributed by atoms with Gasteiger partial charge in [-0.25, -0.2) is 4.79 Å². The summed E-state index contributed by atoms with van der Waals surface area (Å²) in [5.41, 5.74) is -1.68. The smallest absolute Gasteiger partial charge is 0.425 e. The second kappa shape index (κ2) is 7.61. The Morgan fingerprint density at radius 2 is 1.64 bits per heavy atom. The highest BCUT2D eigenvalue weighted by molar-refractivity contribution is 7.87. The van der Waals surface area contributed by atoms with Crippen molar-refractivity contribution in [2.45, 2.75) is 47.1 Å². The standard InChI is InChI=1S/C13H25ClN2O5S/c1-12(2,3)10(17)9-16(11(18)21-13(4,5)6)22(19,20)15-8-7-14/h15H,7-9H2,1-6H3. The fourth-order valence-electron chi connectivity index (χ4n) is 1.17. The quantitative estimate of drug-likeness (QED) is 0.734. The van der Waals surface area contributed by atoms with Crippen LogP contribution in [0.1, 0.15) is 41.5 Å². The van der Waals surface area contributed by atoms with Gasteiger partial charge in [0.1, 0.15) is 12.1 Å². The van der Waals surface area contributed by atoms with Crippen LogP contribution >= 0.6 is 11.6 Å². The van der Waals surface area contributed by atoms with Crippen molar-refractivity contribution in [3.8, 4) is 0 Å². The predicted molar refractivity (Wildman–Crippen MR) is 85.0 cm³/mol. The largest absolute Gasteiger partial charge is 0.443 e. The maximum absolute atomic E-state index is 12.2. The minimum Gasteiger partial charge on any atom is -0.443 e. The molecule has 9 heteroatoms. The Hall–Kier alpha value is -0.860. The van der Waals surface area contributed by atoms with Crippen LogP contribution in [0.15, 0.2) is 0 Å². The number of alkyl halides is 1. The van der Waals surface area contributed by atoms with Crippen LogP contribution in [-0.2, 0) is 19.7 Å². The van der Waals surface area contributed by atoms with E-state index in [2.05, 4.69) is 4.72 Å². The summed E-state index contributed by atoms with van der Waals surface area (Å²) in [5, 5.41) is 0. The molecule has 1 N–H and O–H groups in total. The van der Waals surface area contributed by atoms with Gasteiger partial charge in [-0.15, -0.1) is 11.6 Å². The number of rotatable bonds is 6. The minimum absolute atomic E-state index is 0.0363. The fourth-order valence-corrected chi connectivity index (χ4v) is 2.42. The molecular formula is C13H25ClN2O5S. The number of halogens is 1. The van der Waals surface area contributed by atoms with E-state index in [0.717, 1.165) is 0 Å². The molecule has 0 aromatic heterocycles. The van der Waals surface area contributed by atoms with Gasteiger partial charge in [-0.2, -0.15) is 17.4 Å². The van der Waals surface area contributed by atoms with Crippen molar-refractivity contribution < 1.29 is 22.7 Å². The number of Topliss-reactive ketones (excluding diaryl/α,β-unsaturated/α-hetero) is 1. The van der Waals surface area contributed by atoms with Crippen LogP contribution in [0.2, 0.25) is 0 Å². The second-order valence-corrected chi connectivity index (χ2v) is 8.81. The van der Waals surface area contributed by atoms with Crippen LogP contribution in [0.4, 0.5) is 4.79 Å². The number of nitrogens with zero attached hydrogens (tertiary/aromatic N) is 1. The number of amides is 1. The average Bonchev–Trinajstić information content (AvgIpc) is 2.29. The third-order valence-electron chi connectivity index (χ3n) is 2.39. The topological polar surface area (TPSA) is 92.8 Å². The zero-order chi connectivity index (χ0) is 17.8. The Labute approximate surface area is 137 Å². The van der Waals surface area contributed by atoms with Crippen molar-refractivity contribution in [1.29, 1.82) is 0 Å². The summed E-state index contributed by atoms with van der Waals surface area (Å²) in [4.78, 5) is 24.2. The minimum atomic E-state index is -4.21. The van der Waals surface area contributed by atoms with Crippen molar-refractivity contribution in [2.24, 2.45) is 5.41 Å². The number of ether oxygens (including phenoxy) is 1. The highest BCUT2D eigenvalue weighted by atomic mass is 35.5. The van der Waals surface area contributed by atoms with E-state index in [9.17, 15) is 18.0 Å². The molecule has 0 aromatic rings. The highest BCUT2D eigenvalue weighted by Crippen LogP contribution is 2.18. The van der Waals surface area contributed by atoms with Crippen molar-refractivity contribution in [2.75, 3.05) is 19.0 Å². The van der Waals surface area contributed by atoms with Gasteiger partial charge in [0.25, 0.3) is 0 Å². The van der Waals surface area contributed by atoms with E-state index in [1.807, 2.05) is 0 Å². The summed E-state index contributed by atoms with van der Waals surface area (Å²) in [7, 11) is -4.21. The van der Waals surface area contributed by atoms with Crippen molar-refractivity contribution in [3.05, 3.63) is 0 Å². The van der Waals surface area contributed by atoms with E-state index in [1.165, 1.54) is 0 Å². The molecule has 0 aliphatic carbocycles. The highest BCUT2D eigenvalue weighted by Gasteiger charge is 2.35. The predicted octanol–water partition coefficient (Wildman–Crippen LogP) is 1.91. The van der Waals surface area contributed by atoms with Crippen LogP contribution in [0, 0.1) is 5.41 Å². The van der Waals surface area contributed by atoms with Gasteiger partial charge in [-0.05, 0) is 20.8 Å². The van der Waals surface area contributed by atoms with Crippen molar-refractivity contribution >= 4 is 33.7 Å². The molecule has 130 valence electrons. The molecule has 0 saturated carbocycles. The van der Waals surface area contributed by atoms with Gasteiger partial charge in [-0.3, -0.25) is 4.79 Å². The van der Waals surface area contributed by atoms with Crippen LogP contribution < -0.4 is 4.72 Å². The van der Waals surface area contributed by atoms with Crippen molar-refractivity contribution in [1.82, 2.24) is 9.03 Å². The monoisotopic (exact) mass is 356 g/mol. The number of nitrogens with one attached hydrogen (secondary N) is 1. The molecular weight excluding hydrogens is 332 g/mol. The van der Waals surface area contributed by atoms with Gasteiger partial charge >= 0.3 is 16.3 Å². The molecule has 0 aliphatic rings. The van der Waals surface area contributed by atoms with Gasteiger partial charge in [0.05, 0.1) is 0 Å². The molecule has 0 saturated heterocycles. The summed E-state index contributed by atoms with van der Waals surface area (Å²) in [6, 6.07) is 0. The van der Waals surface area contributed by atoms with E-state index in [1.54, 1.807) is 41.5 Å². The second-order valence-electron chi connectivity index (χ2n) is 6.75. The zero-order valence-electron chi connectivity index (χ0n) is 13.9. The third-order valence-corrected chi connectivity index (χ3v) is 4.01. The maximum Gasteiger partial charge on any atom is 0.425 e. The first kappa shape index (κ1) is 21.1. The molecule has 0 rings (SSSR count). The molecule has 0 heterocycles. The number of carbonyl (C=O) groups is 2. The Morgan fingerprint density at radius 1 is 1.14 bits per heavy atom. The zero-order valence-corrected chi connectivity index (χ0v) is 15.5. The Morgan fingerprint density at radius 3 is 2.00 bits per heavy atom. The normalized spacial score (nSPS) is 12.9. The first-order valence-corrected chi connectivity index (χ1v) is 8.78. The number of hydrogen-bond acceptors (Lipinski definition) is 5. The Kier molecular flexibility index (Phi) is 7.31. The molecule has 0 radical (unpaired) electrons. The Bertz CT molecular complexity index is 506. The molecule has 0 atom stereocenters. The van der Waals surface area contributed by atoms with E-state index < -0.39 is 39.6 Å². The van der Waals surface area contributed by atoms with Crippen LogP contribution in [0.3, 0.4) is 0 Å². The first-order chi connectivity index (χ1) is 9.70. The maximum atomic E-state index is 12.2. The van der Waals surface area contributed by atoms with Crippen LogP contribution in [-0.4, -0.2) is 49.2 Å². The van der Waals surface area contributed by atoms with Crippen LogP contribution in [0.5, 0.6) is 0 Å². The lowest BCUT2D eigenvalue weighted by molar-refractivity contribution is -0.126. The Balaban J connectivity index is 5.41. The lowest BCUT2D eigenvalue weighted by atomic mass is 9.91. The lowest BCUT2D eigenvalue weighted by Crippen LogP contribution is -2.50. The summed E-state index contributed by atoms with van der Waals surface area (Å²) >= 11 is 5.45. The fraction of sp³-hybridized carbons (Fsp3) is 0.846. The third kappa shape index (κ3) is 7.42. The molecule has 1 amide bonds.